The van der Waals surface area contributed by atoms with Crippen molar-refractivity contribution in [2.45, 2.75) is 19.9 Å². The molecule has 0 aromatic heterocycles. The van der Waals surface area contributed by atoms with Crippen LogP contribution in [0.1, 0.15) is 19.4 Å². The van der Waals surface area contributed by atoms with Crippen LogP contribution >= 0.6 is 0 Å². The molecule has 0 aliphatic heterocycles. The molecule has 0 bridgehead atoms. The fourth-order valence-corrected chi connectivity index (χ4v) is 1.22. The van der Waals surface area contributed by atoms with Crippen molar-refractivity contribution < 1.29 is 0 Å². The summed E-state index contributed by atoms with van der Waals surface area (Å²) in [5.41, 5.74) is 4.67. The summed E-state index contributed by atoms with van der Waals surface area (Å²) in [7, 11) is 0. The van der Waals surface area contributed by atoms with E-state index in [1.807, 2.05) is 30.3 Å². The van der Waals surface area contributed by atoms with Gasteiger partial charge in [-0.2, -0.15) is 0 Å². The van der Waals surface area contributed by atoms with Crippen LogP contribution in [-0.2, 0) is 0 Å². The number of hydrogen-bond acceptors (Lipinski definition) is 3. The summed E-state index contributed by atoms with van der Waals surface area (Å²) in [4.78, 5) is 0. The van der Waals surface area contributed by atoms with Gasteiger partial charge in [-0.3, -0.25) is 5.84 Å². The first-order valence-corrected chi connectivity index (χ1v) is 4.72. The predicted octanol–water partition coefficient (Wildman–Crippen LogP) is 1.45. The summed E-state index contributed by atoms with van der Waals surface area (Å²) in [5.74, 6) is 5.28. The Balaban J connectivity index is 2.84. The topological polar surface area (TPSA) is 50.1 Å². The molecule has 0 saturated heterocycles. The van der Waals surface area contributed by atoms with E-state index in [9.17, 15) is 0 Å². The molecule has 4 N–H and O–H groups in total. The minimum atomic E-state index is 0.384. The van der Waals surface area contributed by atoms with E-state index in [0.717, 1.165) is 11.3 Å². The number of rotatable bonds is 4. The van der Waals surface area contributed by atoms with Crippen molar-refractivity contribution >= 4 is 5.70 Å². The summed E-state index contributed by atoms with van der Waals surface area (Å²) in [6.07, 6.45) is 1.76. The van der Waals surface area contributed by atoms with E-state index in [-0.39, 0.29) is 0 Å². The highest BCUT2D eigenvalue weighted by Gasteiger charge is 2.01. The molecular weight excluding hydrogens is 174 g/mol. The standard InChI is InChI=1S/C11H17N3/c1-9(2)14-11(8-13-12)10-6-4-3-5-7-10/h3-9,13-14H,12H2,1-2H3/b11-8-. The molecule has 0 atom stereocenters. The zero-order chi connectivity index (χ0) is 10.4. The first-order chi connectivity index (χ1) is 6.74. The molecule has 0 saturated carbocycles. The summed E-state index contributed by atoms with van der Waals surface area (Å²) < 4.78 is 0. The Bertz CT molecular complexity index is 291. The van der Waals surface area contributed by atoms with Crippen LogP contribution in [0, 0.1) is 0 Å². The molecule has 0 aliphatic carbocycles. The van der Waals surface area contributed by atoms with Gasteiger partial charge in [-0.05, 0) is 19.4 Å². The predicted molar refractivity (Wildman–Crippen MR) is 60.0 cm³/mol. The van der Waals surface area contributed by atoms with E-state index in [2.05, 4.69) is 24.6 Å². The second-order valence-corrected chi connectivity index (χ2v) is 3.39. The molecule has 14 heavy (non-hydrogen) atoms. The Labute approximate surface area is 85.0 Å². The van der Waals surface area contributed by atoms with Gasteiger partial charge in [-0.1, -0.05) is 30.3 Å². The van der Waals surface area contributed by atoms with Crippen LogP contribution in [0.15, 0.2) is 36.5 Å². The van der Waals surface area contributed by atoms with E-state index < -0.39 is 0 Å². The average molecular weight is 191 g/mol. The highest BCUT2D eigenvalue weighted by molar-refractivity contribution is 5.63. The van der Waals surface area contributed by atoms with Crippen LogP contribution in [0.5, 0.6) is 0 Å². The van der Waals surface area contributed by atoms with Crippen LogP contribution in [0.2, 0.25) is 0 Å². The van der Waals surface area contributed by atoms with E-state index >= 15 is 0 Å². The largest absolute Gasteiger partial charge is 0.381 e. The first-order valence-electron chi connectivity index (χ1n) is 4.72. The monoisotopic (exact) mass is 191 g/mol. The van der Waals surface area contributed by atoms with Crippen LogP contribution in [-0.4, -0.2) is 6.04 Å². The fourth-order valence-electron chi connectivity index (χ4n) is 1.22. The van der Waals surface area contributed by atoms with Crippen molar-refractivity contribution in [1.29, 1.82) is 0 Å². The molecule has 0 fully saturated rings. The lowest BCUT2D eigenvalue weighted by atomic mass is 10.1. The summed E-state index contributed by atoms with van der Waals surface area (Å²) in [6.45, 7) is 4.18. The van der Waals surface area contributed by atoms with Gasteiger partial charge in [-0.25, -0.2) is 0 Å². The van der Waals surface area contributed by atoms with Gasteiger partial charge in [0.15, 0.2) is 0 Å². The normalized spacial score (nSPS) is 11.6. The summed E-state index contributed by atoms with van der Waals surface area (Å²) in [6, 6.07) is 10.5. The molecule has 1 aromatic carbocycles. The van der Waals surface area contributed by atoms with Crippen molar-refractivity contribution in [1.82, 2.24) is 10.7 Å². The van der Waals surface area contributed by atoms with Crippen LogP contribution in [0.25, 0.3) is 5.70 Å². The van der Waals surface area contributed by atoms with Gasteiger partial charge in [-0.15, -0.1) is 0 Å². The van der Waals surface area contributed by atoms with E-state index in [1.165, 1.54) is 0 Å². The molecule has 3 heteroatoms. The van der Waals surface area contributed by atoms with E-state index in [4.69, 9.17) is 5.84 Å². The van der Waals surface area contributed by atoms with Gasteiger partial charge in [0.2, 0.25) is 0 Å². The van der Waals surface area contributed by atoms with Gasteiger partial charge in [0.25, 0.3) is 0 Å². The third kappa shape index (κ3) is 3.11. The Hall–Kier alpha value is -1.48. The molecule has 76 valence electrons. The maximum Gasteiger partial charge on any atom is 0.0589 e. The lowest BCUT2D eigenvalue weighted by Gasteiger charge is -2.14. The van der Waals surface area contributed by atoms with Crippen molar-refractivity contribution in [3.63, 3.8) is 0 Å². The van der Waals surface area contributed by atoms with Crippen LogP contribution in [0.4, 0.5) is 0 Å². The second-order valence-electron chi connectivity index (χ2n) is 3.39. The van der Waals surface area contributed by atoms with Crippen molar-refractivity contribution in [3.05, 3.63) is 42.1 Å². The zero-order valence-corrected chi connectivity index (χ0v) is 8.62. The third-order valence-corrected chi connectivity index (χ3v) is 1.76. The van der Waals surface area contributed by atoms with Crippen molar-refractivity contribution in [3.8, 4) is 0 Å². The first kappa shape index (κ1) is 10.6. The Morgan fingerprint density at radius 2 is 1.93 bits per heavy atom. The van der Waals surface area contributed by atoms with Gasteiger partial charge in [0.1, 0.15) is 0 Å². The highest BCUT2D eigenvalue weighted by Crippen LogP contribution is 2.10. The molecule has 3 nitrogen and oxygen atoms in total. The van der Waals surface area contributed by atoms with E-state index in [0.29, 0.717) is 6.04 Å². The number of hydrogen-bond donors (Lipinski definition) is 3. The highest BCUT2D eigenvalue weighted by atomic mass is 15.2. The smallest absolute Gasteiger partial charge is 0.0589 e. The Morgan fingerprint density at radius 1 is 1.29 bits per heavy atom. The third-order valence-electron chi connectivity index (χ3n) is 1.76. The van der Waals surface area contributed by atoms with Crippen molar-refractivity contribution in [2.75, 3.05) is 0 Å². The average Bonchev–Trinajstić information content (AvgIpc) is 2.18. The number of benzene rings is 1. The summed E-state index contributed by atoms with van der Waals surface area (Å²) in [5, 5.41) is 3.32. The molecule has 0 heterocycles. The molecule has 0 aliphatic rings. The molecule has 0 radical (unpaired) electrons. The maximum absolute atomic E-state index is 5.28. The maximum atomic E-state index is 5.28. The lowest BCUT2D eigenvalue weighted by molar-refractivity contribution is 0.713. The number of nitrogens with one attached hydrogen (secondary N) is 2. The molecular formula is C11H17N3. The van der Waals surface area contributed by atoms with Gasteiger partial charge in [0, 0.05) is 12.2 Å². The fraction of sp³-hybridized carbons (Fsp3) is 0.273. The van der Waals surface area contributed by atoms with Crippen LogP contribution in [0.3, 0.4) is 0 Å². The molecule has 0 spiro atoms. The Kier molecular flexibility index (Phi) is 4.01. The Morgan fingerprint density at radius 3 is 2.43 bits per heavy atom. The van der Waals surface area contributed by atoms with Crippen molar-refractivity contribution in [2.24, 2.45) is 5.84 Å². The quantitative estimate of drug-likeness (QED) is 0.498. The van der Waals surface area contributed by atoms with E-state index in [1.54, 1.807) is 6.20 Å². The van der Waals surface area contributed by atoms with Crippen LogP contribution < -0.4 is 16.6 Å². The van der Waals surface area contributed by atoms with Gasteiger partial charge in [0.05, 0.1) is 5.70 Å². The number of hydrazine groups is 1. The lowest BCUT2D eigenvalue weighted by Crippen LogP contribution is -2.24. The minimum Gasteiger partial charge on any atom is -0.381 e. The zero-order valence-electron chi connectivity index (χ0n) is 8.62. The molecule has 1 aromatic rings. The second kappa shape index (κ2) is 5.29. The van der Waals surface area contributed by atoms with Gasteiger partial charge >= 0.3 is 0 Å². The molecule has 1 rings (SSSR count). The molecule has 0 amide bonds. The summed E-state index contributed by atoms with van der Waals surface area (Å²) >= 11 is 0. The molecule has 0 unspecified atom stereocenters. The SMILES string of the molecule is CC(C)N/C(=C\NN)c1ccccc1. The van der Waals surface area contributed by atoms with Gasteiger partial charge < -0.3 is 10.7 Å². The minimum absolute atomic E-state index is 0.384. The number of nitrogens with two attached hydrogens (primary N) is 1.